The normalized spacial score (nSPS) is 16.7. The van der Waals surface area contributed by atoms with E-state index in [2.05, 4.69) is 5.32 Å². The zero-order valence-corrected chi connectivity index (χ0v) is 18.0. The molecule has 0 heterocycles. The lowest BCUT2D eigenvalue weighted by atomic mass is 9.98. The van der Waals surface area contributed by atoms with E-state index in [4.69, 9.17) is 9.84 Å². The molecule has 0 aromatic heterocycles. The van der Waals surface area contributed by atoms with Gasteiger partial charge in [0.1, 0.15) is 12.6 Å². The van der Waals surface area contributed by atoms with Gasteiger partial charge in [-0.25, -0.2) is 9.59 Å². The molecule has 2 amide bonds. The third-order valence-electron chi connectivity index (χ3n) is 6.13. The Morgan fingerprint density at radius 2 is 1.59 bits per heavy atom. The number of fused-ring (bicyclic) bond motifs is 3. The Balaban J connectivity index is 1.33. The van der Waals surface area contributed by atoms with Gasteiger partial charge in [-0.15, -0.1) is 0 Å². The van der Waals surface area contributed by atoms with Gasteiger partial charge in [0.05, 0.1) is 12.0 Å². The number of alkyl carbamates (subject to hydrolysis) is 1. The molecule has 2 aromatic rings. The molecule has 1 fully saturated rings. The van der Waals surface area contributed by atoms with Crippen LogP contribution >= 0.6 is 0 Å². The molecule has 34 heavy (non-hydrogen) atoms. The molecule has 0 bridgehead atoms. The second-order valence-electron chi connectivity index (χ2n) is 8.69. The Hall–Kier alpha value is -3.56. The summed E-state index contributed by atoms with van der Waals surface area (Å²) in [5.41, 5.74) is 3.29. The molecule has 0 aliphatic heterocycles. The van der Waals surface area contributed by atoms with E-state index >= 15 is 0 Å². The summed E-state index contributed by atoms with van der Waals surface area (Å²) in [4.78, 5) is 35.7. The molecule has 1 atom stereocenters. The molecule has 1 unspecified atom stereocenters. The van der Waals surface area contributed by atoms with Crippen LogP contribution in [0.25, 0.3) is 11.1 Å². The molecule has 4 rings (SSSR count). The van der Waals surface area contributed by atoms with Crippen molar-refractivity contribution in [3.63, 3.8) is 0 Å². The summed E-state index contributed by atoms with van der Waals surface area (Å²) in [6, 6.07) is 13.6. The number of carbonyl (C=O) groups excluding carboxylic acids is 2. The molecule has 1 saturated carbocycles. The van der Waals surface area contributed by atoms with Crippen molar-refractivity contribution in [1.29, 1.82) is 0 Å². The number of amides is 2. The van der Waals surface area contributed by atoms with E-state index in [9.17, 15) is 27.6 Å². The first kappa shape index (κ1) is 23.6. The molecule has 0 spiro atoms. The molecule has 2 aliphatic carbocycles. The average molecular weight is 476 g/mol. The monoisotopic (exact) mass is 476 g/mol. The van der Waals surface area contributed by atoms with Crippen molar-refractivity contribution < 1.29 is 37.4 Å². The van der Waals surface area contributed by atoms with E-state index in [0.29, 0.717) is 12.8 Å². The number of hydrogen-bond acceptors (Lipinski definition) is 4. The van der Waals surface area contributed by atoms with Crippen LogP contribution in [-0.2, 0) is 14.3 Å². The number of rotatable bonds is 8. The Kier molecular flexibility index (Phi) is 6.24. The highest BCUT2D eigenvalue weighted by Gasteiger charge is 2.47. The minimum Gasteiger partial charge on any atom is -0.480 e. The quantitative estimate of drug-likeness (QED) is 0.535. The van der Waals surface area contributed by atoms with Crippen LogP contribution in [0.4, 0.5) is 18.0 Å². The maximum atomic E-state index is 12.5. The van der Waals surface area contributed by atoms with Crippen molar-refractivity contribution in [3.05, 3.63) is 59.7 Å². The number of carboxylic acids is 1. The maximum absolute atomic E-state index is 12.5. The number of aliphatic carboxylic acids is 1. The lowest BCUT2D eigenvalue weighted by Crippen LogP contribution is -2.47. The summed E-state index contributed by atoms with van der Waals surface area (Å²) in [7, 11) is 0. The first-order valence-electron chi connectivity index (χ1n) is 10.8. The number of benzene rings is 2. The van der Waals surface area contributed by atoms with Crippen LogP contribution in [0.15, 0.2) is 48.5 Å². The van der Waals surface area contributed by atoms with Crippen LogP contribution in [0.2, 0.25) is 0 Å². The second kappa shape index (κ2) is 9.00. The highest BCUT2D eigenvalue weighted by atomic mass is 19.4. The highest BCUT2D eigenvalue weighted by Crippen LogP contribution is 2.44. The molecule has 2 aromatic carbocycles. The number of nitrogens with one attached hydrogen (secondary N) is 2. The average Bonchev–Trinajstić information content (AvgIpc) is 3.43. The van der Waals surface area contributed by atoms with Gasteiger partial charge >= 0.3 is 18.2 Å². The minimum absolute atomic E-state index is 0.0782. The number of ether oxygens (including phenoxy) is 1. The van der Waals surface area contributed by atoms with Gasteiger partial charge < -0.3 is 20.5 Å². The van der Waals surface area contributed by atoms with Crippen LogP contribution in [0.3, 0.4) is 0 Å². The summed E-state index contributed by atoms with van der Waals surface area (Å²) in [6.45, 7) is 0.0782. The van der Waals surface area contributed by atoms with Gasteiger partial charge in [0, 0.05) is 12.3 Å². The van der Waals surface area contributed by atoms with E-state index < -0.39 is 42.1 Å². The van der Waals surface area contributed by atoms with Gasteiger partial charge in [-0.2, -0.15) is 13.2 Å². The Bertz CT molecular complexity index is 1070. The van der Waals surface area contributed by atoms with Gasteiger partial charge in [-0.1, -0.05) is 48.5 Å². The first-order chi connectivity index (χ1) is 16.1. The Labute approximate surface area is 193 Å². The van der Waals surface area contributed by atoms with E-state index in [1.165, 1.54) is 0 Å². The molecular weight excluding hydrogens is 453 g/mol. The van der Waals surface area contributed by atoms with Gasteiger partial charge in [-0.3, -0.25) is 4.79 Å². The third kappa shape index (κ3) is 5.32. The minimum atomic E-state index is -4.74. The van der Waals surface area contributed by atoms with Crippen molar-refractivity contribution in [3.8, 4) is 11.1 Å². The van der Waals surface area contributed by atoms with Crippen LogP contribution in [-0.4, -0.2) is 47.4 Å². The van der Waals surface area contributed by atoms with Crippen molar-refractivity contribution in [2.24, 2.45) is 0 Å². The Morgan fingerprint density at radius 1 is 1.03 bits per heavy atom. The van der Waals surface area contributed by atoms with Crippen molar-refractivity contribution in [2.75, 3.05) is 6.61 Å². The van der Waals surface area contributed by atoms with Crippen LogP contribution in [0.1, 0.15) is 42.7 Å². The molecule has 2 aliphatic rings. The molecule has 3 N–H and O–H groups in total. The number of carboxylic acid groups (broad SMARTS) is 1. The van der Waals surface area contributed by atoms with Crippen molar-refractivity contribution in [1.82, 2.24) is 10.6 Å². The second-order valence-corrected chi connectivity index (χ2v) is 8.69. The maximum Gasteiger partial charge on any atom is 0.407 e. The molecule has 7 nitrogen and oxygen atoms in total. The zero-order chi connectivity index (χ0) is 24.5. The zero-order valence-electron chi connectivity index (χ0n) is 18.0. The predicted octanol–water partition coefficient (Wildman–Crippen LogP) is 3.97. The molecule has 10 heteroatoms. The molecule has 0 saturated heterocycles. The first-order valence-corrected chi connectivity index (χ1v) is 10.8. The standard InChI is InChI=1S/C24H23F3N2O5/c25-24(26,27)11-19(21(31)32)28-20(30)12-23(9-10-23)29-22(33)34-13-18-16-7-3-1-5-14(16)15-6-2-4-8-17(15)18/h1-8,18-19H,9-13H2,(H,28,30)(H,29,33)(H,31,32). The van der Waals surface area contributed by atoms with Gasteiger partial charge in [-0.05, 0) is 35.1 Å². The van der Waals surface area contributed by atoms with Crippen molar-refractivity contribution in [2.45, 2.75) is 49.4 Å². The summed E-state index contributed by atoms with van der Waals surface area (Å²) in [6.07, 6.45) is -6.63. The number of hydrogen-bond donors (Lipinski definition) is 3. The predicted molar refractivity (Wildman–Crippen MR) is 115 cm³/mol. The van der Waals surface area contributed by atoms with Gasteiger partial charge in [0.15, 0.2) is 0 Å². The summed E-state index contributed by atoms with van der Waals surface area (Å²) >= 11 is 0. The van der Waals surface area contributed by atoms with E-state index in [1.54, 1.807) is 0 Å². The smallest absolute Gasteiger partial charge is 0.407 e. The largest absolute Gasteiger partial charge is 0.480 e. The van der Waals surface area contributed by atoms with E-state index in [0.717, 1.165) is 22.3 Å². The molecule has 180 valence electrons. The molecule has 0 radical (unpaired) electrons. The van der Waals surface area contributed by atoms with Crippen molar-refractivity contribution >= 4 is 18.0 Å². The van der Waals surface area contributed by atoms with E-state index in [1.807, 2.05) is 53.8 Å². The fourth-order valence-corrected chi connectivity index (χ4v) is 4.33. The lowest BCUT2D eigenvalue weighted by Gasteiger charge is -2.21. The fraction of sp³-hybridized carbons (Fsp3) is 0.375. The van der Waals surface area contributed by atoms with Gasteiger partial charge in [0.2, 0.25) is 5.91 Å². The number of alkyl halides is 3. The SMILES string of the molecule is O=C(CC1(NC(=O)OCC2c3ccccc3-c3ccccc32)CC1)NC(CC(F)(F)F)C(=O)O. The lowest BCUT2D eigenvalue weighted by molar-refractivity contribution is -0.160. The molecular formula is C24H23F3N2O5. The Morgan fingerprint density at radius 3 is 2.09 bits per heavy atom. The fourth-order valence-electron chi connectivity index (χ4n) is 4.33. The van der Waals surface area contributed by atoms with Crippen LogP contribution < -0.4 is 10.6 Å². The van der Waals surface area contributed by atoms with Crippen LogP contribution in [0, 0.1) is 0 Å². The van der Waals surface area contributed by atoms with Gasteiger partial charge in [0.25, 0.3) is 0 Å². The van der Waals surface area contributed by atoms with E-state index in [-0.39, 0.29) is 18.9 Å². The summed E-state index contributed by atoms with van der Waals surface area (Å²) < 4.78 is 43.1. The highest BCUT2D eigenvalue weighted by molar-refractivity contribution is 5.85. The number of halogens is 3. The third-order valence-corrected chi connectivity index (χ3v) is 6.13. The number of carbonyl (C=O) groups is 3. The summed E-state index contributed by atoms with van der Waals surface area (Å²) in [5, 5.41) is 13.5. The topological polar surface area (TPSA) is 105 Å². The summed E-state index contributed by atoms with van der Waals surface area (Å²) in [5.74, 6) is -2.80. The van der Waals surface area contributed by atoms with Crippen LogP contribution in [0.5, 0.6) is 0 Å².